The Morgan fingerprint density at radius 3 is 2.47 bits per heavy atom. The molecular weight excluding hydrogens is 254 g/mol. The molecule has 1 aromatic rings. The smallest absolute Gasteiger partial charge is 0.224 e. The number of hydrogen-bond acceptors (Lipinski definition) is 1. The Kier molecular flexibility index (Phi) is 4.09. The van der Waals surface area contributed by atoms with E-state index in [2.05, 4.69) is 22.5 Å². The van der Waals surface area contributed by atoms with Crippen LogP contribution < -0.4 is 4.90 Å². The molecule has 0 aromatic heterocycles. The van der Waals surface area contributed by atoms with Gasteiger partial charge in [0, 0.05) is 17.9 Å². The van der Waals surface area contributed by atoms with Gasteiger partial charge in [-0.05, 0) is 35.0 Å². The number of carbonyl (C=O) groups excluding carboxylic acids is 1. The van der Waals surface area contributed by atoms with Gasteiger partial charge < -0.3 is 4.90 Å². The van der Waals surface area contributed by atoms with Crippen LogP contribution in [0.4, 0.5) is 5.69 Å². The van der Waals surface area contributed by atoms with Crippen LogP contribution in [0, 0.1) is 0 Å². The van der Waals surface area contributed by atoms with E-state index in [0.29, 0.717) is 6.54 Å². The highest BCUT2D eigenvalue weighted by atomic mass is 79.9. The molecule has 0 unspecified atom stereocenters. The van der Waals surface area contributed by atoms with Gasteiger partial charge in [0.1, 0.15) is 0 Å². The van der Waals surface area contributed by atoms with E-state index >= 15 is 0 Å². The summed E-state index contributed by atoms with van der Waals surface area (Å²) in [5, 5.41) is 0. The van der Waals surface area contributed by atoms with Crippen LogP contribution in [0.3, 0.4) is 0 Å². The van der Waals surface area contributed by atoms with E-state index in [1.165, 1.54) is 0 Å². The van der Waals surface area contributed by atoms with E-state index < -0.39 is 0 Å². The van der Waals surface area contributed by atoms with Gasteiger partial charge in [-0.2, -0.15) is 0 Å². The summed E-state index contributed by atoms with van der Waals surface area (Å²) in [7, 11) is 0. The Balaban J connectivity index is 3.04. The number of nitrogens with zero attached hydrogens (tertiary/aromatic N) is 1. The summed E-state index contributed by atoms with van der Waals surface area (Å²) in [4.78, 5) is 13.2. The topological polar surface area (TPSA) is 20.3 Å². The second-order valence-electron chi connectivity index (χ2n) is 3.51. The fourth-order valence-electron chi connectivity index (χ4n) is 1.31. The second kappa shape index (κ2) is 5.12. The van der Waals surface area contributed by atoms with Gasteiger partial charge in [0.15, 0.2) is 0 Å². The largest absolute Gasteiger partial charge is 0.307 e. The van der Waals surface area contributed by atoms with Crippen LogP contribution in [-0.4, -0.2) is 12.5 Å². The maximum Gasteiger partial charge on any atom is 0.224 e. The zero-order valence-corrected chi connectivity index (χ0v) is 10.5. The zero-order chi connectivity index (χ0) is 11.4. The van der Waals surface area contributed by atoms with Crippen molar-refractivity contribution in [2.45, 2.75) is 13.8 Å². The molecule has 1 amide bonds. The highest BCUT2D eigenvalue weighted by molar-refractivity contribution is 9.10. The van der Waals surface area contributed by atoms with E-state index in [1.807, 2.05) is 31.2 Å². The first-order chi connectivity index (χ1) is 7.02. The van der Waals surface area contributed by atoms with Crippen LogP contribution in [0.2, 0.25) is 0 Å². The number of benzene rings is 1. The molecule has 2 nitrogen and oxygen atoms in total. The molecule has 0 atom stereocenters. The highest BCUT2D eigenvalue weighted by Crippen LogP contribution is 2.26. The summed E-state index contributed by atoms with van der Waals surface area (Å²) < 4.78 is 0.918. The quantitative estimate of drug-likeness (QED) is 0.769. The van der Waals surface area contributed by atoms with Gasteiger partial charge in [0.25, 0.3) is 0 Å². The number of para-hydroxylation sites is 1. The Labute approximate surface area is 98.7 Å². The maximum atomic E-state index is 11.5. The van der Waals surface area contributed by atoms with Gasteiger partial charge in [-0.15, -0.1) is 0 Å². The lowest BCUT2D eigenvalue weighted by Crippen LogP contribution is -2.30. The second-order valence-corrected chi connectivity index (χ2v) is 4.37. The van der Waals surface area contributed by atoms with Crippen LogP contribution in [0.5, 0.6) is 0 Å². The monoisotopic (exact) mass is 267 g/mol. The molecule has 0 bridgehead atoms. The van der Waals surface area contributed by atoms with E-state index in [1.54, 1.807) is 11.8 Å². The fourth-order valence-corrected chi connectivity index (χ4v) is 1.81. The van der Waals surface area contributed by atoms with Gasteiger partial charge in [0.2, 0.25) is 5.91 Å². The van der Waals surface area contributed by atoms with Gasteiger partial charge >= 0.3 is 0 Å². The van der Waals surface area contributed by atoms with Crippen LogP contribution in [-0.2, 0) is 4.79 Å². The normalized spacial score (nSPS) is 9.80. The molecular formula is C12H14BrNO. The number of rotatable bonds is 3. The molecule has 0 spiro atoms. The van der Waals surface area contributed by atoms with Crippen molar-refractivity contribution in [2.75, 3.05) is 11.4 Å². The van der Waals surface area contributed by atoms with Crippen LogP contribution >= 0.6 is 15.9 Å². The summed E-state index contributed by atoms with van der Waals surface area (Å²) in [5.74, 6) is 0.0184. The number of carbonyl (C=O) groups is 1. The molecule has 0 aliphatic rings. The van der Waals surface area contributed by atoms with Crippen LogP contribution in [0.25, 0.3) is 0 Å². The summed E-state index contributed by atoms with van der Waals surface area (Å²) in [6.07, 6.45) is 0. The van der Waals surface area contributed by atoms with Gasteiger partial charge in [-0.1, -0.05) is 24.3 Å². The fraction of sp³-hybridized carbons (Fsp3) is 0.250. The highest BCUT2D eigenvalue weighted by Gasteiger charge is 2.13. The standard InChI is InChI=1S/C12H14BrNO/c1-9(2)8-14(10(3)15)12-7-5-4-6-11(12)13/h4-7H,1,8H2,2-3H3. The third-order valence-corrected chi connectivity index (χ3v) is 2.62. The van der Waals surface area contributed by atoms with Gasteiger partial charge in [-0.3, -0.25) is 4.79 Å². The van der Waals surface area contributed by atoms with Crippen LogP contribution in [0.15, 0.2) is 40.9 Å². The molecule has 0 radical (unpaired) electrons. The van der Waals surface area contributed by atoms with Crippen molar-refractivity contribution in [3.63, 3.8) is 0 Å². The summed E-state index contributed by atoms with van der Waals surface area (Å²) in [6.45, 7) is 7.84. The number of halogens is 1. The van der Waals surface area contributed by atoms with Crippen molar-refractivity contribution >= 4 is 27.5 Å². The molecule has 0 saturated carbocycles. The van der Waals surface area contributed by atoms with Gasteiger partial charge in [0.05, 0.1) is 5.69 Å². The number of hydrogen-bond donors (Lipinski definition) is 0. The van der Waals surface area contributed by atoms with E-state index in [-0.39, 0.29) is 5.91 Å². The van der Waals surface area contributed by atoms with Crippen molar-refractivity contribution in [1.82, 2.24) is 0 Å². The lowest BCUT2D eigenvalue weighted by Gasteiger charge is -2.22. The number of anilines is 1. The molecule has 3 heteroatoms. The Morgan fingerprint density at radius 2 is 2.00 bits per heavy atom. The van der Waals surface area contributed by atoms with Crippen molar-refractivity contribution < 1.29 is 4.79 Å². The summed E-state index contributed by atoms with van der Waals surface area (Å²) in [5.41, 5.74) is 1.84. The van der Waals surface area contributed by atoms with E-state index in [0.717, 1.165) is 15.7 Å². The minimum absolute atomic E-state index is 0.0184. The molecule has 0 N–H and O–H groups in total. The first kappa shape index (κ1) is 12.0. The molecule has 0 saturated heterocycles. The average molecular weight is 268 g/mol. The Morgan fingerprint density at radius 1 is 1.40 bits per heavy atom. The van der Waals surface area contributed by atoms with Crippen molar-refractivity contribution in [2.24, 2.45) is 0 Å². The predicted octanol–water partition coefficient (Wildman–Crippen LogP) is 3.38. The molecule has 15 heavy (non-hydrogen) atoms. The maximum absolute atomic E-state index is 11.5. The first-order valence-corrected chi connectivity index (χ1v) is 5.48. The van der Waals surface area contributed by atoms with E-state index in [4.69, 9.17) is 0 Å². The molecule has 0 aliphatic heterocycles. The summed E-state index contributed by atoms with van der Waals surface area (Å²) in [6, 6.07) is 7.67. The average Bonchev–Trinajstić information content (AvgIpc) is 2.15. The lowest BCUT2D eigenvalue weighted by molar-refractivity contribution is -0.116. The minimum atomic E-state index is 0.0184. The van der Waals surface area contributed by atoms with Crippen molar-refractivity contribution in [1.29, 1.82) is 0 Å². The molecule has 0 fully saturated rings. The predicted molar refractivity (Wildman–Crippen MR) is 67.0 cm³/mol. The van der Waals surface area contributed by atoms with Crippen molar-refractivity contribution in [3.05, 3.63) is 40.9 Å². The minimum Gasteiger partial charge on any atom is -0.307 e. The number of amides is 1. The Bertz CT molecular complexity index is 387. The third-order valence-electron chi connectivity index (χ3n) is 1.95. The first-order valence-electron chi connectivity index (χ1n) is 4.69. The Hall–Kier alpha value is -1.09. The van der Waals surface area contributed by atoms with Crippen LogP contribution in [0.1, 0.15) is 13.8 Å². The summed E-state index contributed by atoms with van der Waals surface area (Å²) >= 11 is 3.43. The molecule has 1 rings (SSSR count). The molecule has 1 aromatic carbocycles. The van der Waals surface area contributed by atoms with E-state index in [9.17, 15) is 4.79 Å². The van der Waals surface area contributed by atoms with Crippen molar-refractivity contribution in [3.8, 4) is 0 Å². The molecule has 0 aliphatic carbocycles. The third kappa shape index (κ3) is 3.20. The molecule has 80 valence electrons. The van der Waals surface area contributed by atoms with Gasteiger partial charge in [-0.25, -0.2) is 0 Å². The zero-order valence-electron chi connectivity index (χ0n) is 8.96. The molecule has 0 heterocycles. The lowest BCUT2D eigenvalue weighted by atomic mass is 10.2. The SMILES string of the molecule is C=C(C)CN(C(C)=O)c1ccccc1Br.